The standard InChI is InChI=1S/C10H15IN2/c1-8-2-4-10(5-3-8)13-7-9(11)6-12-13/h6-8,10H,2-5H2,1H3. The third-order valence-corrected chi connectivity index (χ3v) is 3.49. The molecule has 1 heterocycles. The molecule has 0 unspecified atom stereocenters. The molecule has 0 saturated heterocycles. The Balaban J connectivity index is 2.02. The highest BCUT2D eigenvalue weighted by Gasteiger charge is 2.19. The first-order chi connectivity index (χ1) is 6.25. The van der Waals surface area contributed by atoms with E-state index in [0.29, 0.717) is 6.04 Å². The van der Waals surface area contributed by atoms with E-state index in [1.807, 2.05) is 6.20 Å². The molecule has 13 heavy (non-hydrogen) atoms. The van der Waals surface area contributed by atoms with Gasteiger partial charge in [-0.05, 0) is 54.2 Å². The van der Waals surface area contributed by atoms with Crippen molar-refractivity contribution in [2.45, 2.75) is 38.6 Å². The van der Waals surface area contributed by atoms with Crippen molar-refractivity contribution in [3.8, 4) is 0 Å². The molecule has 1 saturated carbocycles. The molecule has 2 nitrogen and oxygen atoms in total. The fourth-order valence-electron chi connectivity index (χ4n) is 2.02. The molecule has 1 fully saturated rings. The number of hydrogen-bond donors (Lipinski definition) is 0. The van der Waals surface area contributed by atoms with Gasteiger partial charge in [-0.2, -0.15) is 5.10 Å². The Hall–Kier alpha value is -0.0600. The van der Waals surface area contributed by atoms with E-state index in [1.165, 1.54) is 29.3 Å². The fraction of sp³-hybridized carbons (Fsp3) is 0.700. The smallest absolute Gasteiger partial charge is 0.0623 e. The summed E-state index contributed by atoms with van der Waals surface area (Å²) < 4.78 is 3.39. The minimum atomic E-state index is 0.666. The summed E-state index contributed by atoms with van der Waals surface area (Å²) in [6.07, 6.45) is 9.43. The number of halogens is 1. The first-order valence-electron chi connectivity index (χ1n) is 4.95. The van der Waals surface area contributed by atoms with Crippen LogP contribution in [0.4, 0.5) is 0 Å². The molecule has 0 N–H and O–H groups in total. The van der Waals surface area contributed by atoms with Crippen LogP contribution in [0.2, 0.25) is 0 Å². The predicted octanol–water partition coefficient (Wildman–Crippen LogP) is 3.24. The Morgan fingerprint density at radius 2 is 2.08 bits per heavy atom. The van der Waals surface area contributed by atoms with E-state index < -0.39 is 0 Å². The zero-order valence-corrected chi connectivity index (χ0v) is 10.1. The summed E-state index contributed by atoms with van der Waals surface area (Å²) in [5, 5.41) is 4.37. The molecule has 1 aromatic heterocycles. The second-order valence-electron chi connectivity index (χ2n) is 4.05. The summed E-state index contributed by atoms with van der Waals surface area (Å²) >= 11 is 2.32. The van der Waals surface area contributed by atoms with Crippen molar-refractivity contribution in [1.82, 2.24) is 9.78 Å². The van der Waals surface area contributed by atoms with Crippen LogP contribution in [0.25, 0.3) is 0 Å². The zero-order valence-electron chi connectivity index (χ0n) is 7.91. The molecule has 0 aromatic carbocycles. The first-order valence-corrected chi connectivity index (χ1v) is 6.03. The van der Waals surface area contributed by atoms with Crippen LogP contribution in [-0.4, -0.2) is 9.78 Å². The molecule has 0 radical (unpaired) electrons. The maximum atomic E-state index is 4.37. The summed E-state index contributed by atoms with van der Waals surface area (Å²) in [5.74, 6) is 0.922. The van der Waals surface area contributed by atoms with Crippen LogP contribution in [0.15, 0.2) is 12.4 Å². The van der Waals surface area contributed by atoms with Gasteiger partial charge in [0.1, 0.15) is 0 Å². The van der Waals surface area contributed by atoms with Gasteiger partial charge in [0.2, 0.25) is 0 Å². The lowest BCUT2D eigenvalue weighted by Crippen LogP contribution is -2.16. The van der Waals surface area contributed by atoms with Gasteiger partial charge in [-0.1, -0.05) is 6.92 Å². The molecule has 1 aliphatic rings. The lowest BCUT2D eigenvalue weighted by atomic mass is 9.87. The van der Waals surface area contributed by atoms with Crippen molar-refractivity contribution < 1.29 is 0 Å². The molecule has 0 atom stereocenters. The van der Waals surface area contributed by atoms with Crippen LogP contribution in [0.5, 0.6) is 0 Å². The summed E-state index contributed by atoms with van der Waals surface area (Å²) in [4.78, 5) is 0. The zero-order chi connectivity index (χ0) is 9.26. The Kier molecular flexibility index (Phi) is 2.91. The van der Waals surface area contributed by atoms with Crippen LogP contribution in [0.1, 0.15) is 38.6 Å². The van der Waals surface area contributed by atoms with Gasteiger partial charge in [0, 0.05) is 6.20 Å². The molecule has 2 rings (SSSR count). The highest BCUT2D eigenvalue weighted by molar-refractivity contribution is 14.1. The molecule has 0 spiro atoms. The summed E-state index contributed by atoms with van der Waals surface area (Å²) in [6.45, 7) is 2.35. The van der Waals surface area contributed by atoms with Crippen LogP contribution in [0, 0.1) is 9.49 Å². The normalized spacial score (nSPS) is 29.1. The SMILES string of the molecule is CC1CCC(n2cc(I)cn2)CC1. The van der Waals surface area contributed by atoms with E-state index in [-0.39, 0.29) is 0 Å². The van der Waals surface area contributed by atoms with Crippen LogP contribution in [-0.2, 0) is 0 Å². The van der Waals surface area contributed by atoms with E-state index in [2.05, 4.69) is 45.5 Å². The fourth-order valence-corrected chi connectivity index (χ4v) is 2.43. The molecule has 0 bridgehead atoms. The molecule has 0 aliphatic heterocycles. The predicted molar refractivity (Wildman–Crippen MR) is 61.6 cm³/mol. The van der Waals surface area contributed by atoms with Crippen LogP contribution >= 0.6 is 22.6 Å². The summed E-state index contributed by atoms with van der Waals surface area (Å²) in [6, 6.07) is 0.666. The van der Waals surface area contributed by atoms with Gasteiger partial charge in [-0.15, -0.1) is 0 Å². The van der Waals surface area contributed by atoms with Gasteiger partial charge in [0.25, 0.3) is 0 Å². The minimum absolute atomic E-state index is 0.666. The Morgan fingerprint density at radius 1 is 1.38 bits per heavy atom. The monoisotopic (exact) mass is 290 g/mol. The molecule has 72 valence electrons. The second kappa shape index (κ2) is 3.98. The number of nitrogens with zero attached hydrogens (tertiary/aromatic N) is 2. The Morgan fingerprint density at radius 3 is 2.62 bits per heavy atom. The number of hydrogen-bond acceptors (Lipinski definition) is 1. The quantitative estimate of drug-likeness (QED) is 0.726. The molecule has 3 heteroatoms. The van der Waals surface area contributed by atoms with Gasteiger partial charge in [0.15, 0.2) is 0 Å². The van der Waals surface area contributed by atoms with Crippen molar-refractivity contribution in [3.63, 3.8) is 0 Å². The van der Waals surface area contributed by atoms with Crippen LogP contribution < -0.4 is 0 Å². The number of aromatic nitrogens is 2. The van der Waals surface area contributed by atoms with Crippen LogP contribution in [0.3, 0.4) is 0 Å². The maximum Gasteiger partial charge on any atom is 0.0623 e. The molecule has 1 aromatic rings. The average molecular weight is 290 g/mol. The van der Waals surface area contributed by atoms with Gasteiger partial charge in [-0.25, -0.2) is 0 Å². The van der Waals surface area contributed by atoms with Crippen molar-refractivity contribution in [2.24, 2.45) is 5.92 Å². The highest BCUT2D eigenvalue weighted by Crippen LogP contribution is 2.31. The van der Waals surface area contributed by atoms with E-state index >= 15 is 0 Å². The van der Waals surface area contributed by atoms with E-state index in [9.17, 15) is 0 Å². The third-order valence-electron chi connectivity index (χ3n) is 2.93. The summed E-state index contributed by atoms with van der Waals surface area (Å²) in [7, 11) is 0. The Bertz CT molecular complexity index is 274. The van der Waals surface area contributed by atoms with Gasteiger partial charge in [0.05, 0.1) is 15.8 Å². The molecule has 0 amide bonds. The second-order valence-corrected chi connectivity index (χ2v) is 5.30. The van der Waals surface area contributed by atoms with Crippen molar-refractivity contribution in [1.29, 1.82) is 0 Å². The van der Waals surface area contributed by atoms with E-state index in [1.54, 1.807) is 0 Å². The number of rotatable bonds is 1. The highest BCUT2D eigenvalue weighted by atomic mass is 127. The van der Waals surface area contributed by atoms with Gasteiger partial charge < -0.3 is 0 Å². The lowest BCUT2D eigenvalue weighted by molar-refractivity contribution is 0.274. The maximum absolute atomic E-state index is 4.37. The third kappa shape index (κ3) is 2.24. The van der Waals surface area contributed by atoms with Crippen molar-refractivity contribution in [2.75, 3.05) is 0 Å². The van der Waals surface area contributed by atoms with Crippen molar-refractivity contribution >= 4 is 22.6 Å². The molecule has 1 aliphatic carbocycles. The van der Waals surface area contributed by atoms with Gasteiger partial charge >= 0.3 is 0 Å². The van der Waals surface area contributed by atoms with E-state index in [4.69, 9.17) is 0 Å². The average Bonchev–Trinajstić information content (AvgIpc) is 2.53. The summed E-state index contributed by atoms with van der Waals surface area (Å²) in [5.41, 5.74) is 0. The van der Waals surface area contributed by atoms with Gasteiger partial charge in [-0.3, -0.25) is 4.68 Å². The van der Waals surface area contributed by atoms with Crippen molar-refractivity contribution in [3.05, 3.63) is 16.0 Å². The minimum Gasteiger partial charge on any atom is -0.269 e. The Labute approximate surface area is 92.8 Å². The first kappa shape index (κ1) is 9.49. The lowest BCUT2D eigenvalue weighted by Gasteiger charge is -2.26. The van der Waals surface area contributed by atoms with E-state index in [0.717, 1.165) is 5.92 Å². The largest absolute Gasteiger partial charge is 0.269 e. The molecular weight excluding hydrogens is 275 g/mol. The topological polar surface area (TPSA) is 17.8 Å². The molecular formula is C10H15IN2.